The van der Waals surface area contributed by atoms with Crippen LogP contribution in [-0.2, 0) is 37.3 Å². The van der Waals surface area contributed by atoms with Gasteiger partial charge in [0.1, 0.15) is 11.6 Å². The second kappa shape index (κ2) is 6.86. The summed E-state index contributed by atoms with van der Waals surface area (Å²) in [7, 11) is 0. The van der Waals surface area contributed by atoms with Crippen LogP contribution in [0.1, 0.15) is 43.2 Å². The number of carbonyl (C=O) groups excluding carboxylic acids is 1. The lowest BCUT2D eigenvalue weighted by molar-refractivity contribution is -0.132. The topological polar surface area (TPSA) is 63.9 Å². The molecule has 4 rings (SSSR count). The number of aryl methyl sites for hydroxylation is 3. The third-order valence-electron chi connectivity index (χ3n) is 4.97. The normalized spacial score (nSPS) is 13.4. The molecule has 0 spiro atoms. The molecule has 26 heavy (non-hydrogen) atoms. The van der Waals surface area contributed by atoms with E-state index in [-0.39, 0.29) is 5.91 Å². The first kappa shape index (κ1) is 16.7. The van der Waals surface area contributed by atoms with Gasteiger partial charge >= 0.3 is 0 Å². The van der Waals surface area contributed by atoms with Crippen LogP contribution >= 0.6 is 0 Å². The lowest BCUT2D eigenvalue weighted by Gasteiger charge is -2.16. The largest absolute Gasteiger partial charge is 0.332 e. The number of amides is 1. The third-order valence-corrected chi connectivity index (χ3v) is 4.97. The molecule has 134 valence electrons. The highest BCUT2D eigenvalue weighted by molar-refractivity contribution is 5.78. The van der Waals surface area contributed by atoms with Gasteiger partial charge in [-0.05, 0) is 12.1 Å². The highest BCUT2D eigenvalue weighted by atomic mass is 16.2. The summed E-state index contributed by atoms with van der Waals surface area (Å²) < 4.78 is 2.17. The first-order valence-corrected chi connectivity index (χ1v) is 9.25. The van der Waals surface area contributed by atoms with Gasteiger partial charge < -0.3 is 9.47 Å². The fourth-order valence-electron chi connectivity index (χ4n) is 3.55. The number of hydrogen-bond donors (Lipinski definition) is 0. The van der Waals surface area contributed by atoms with Crippen LogP contribution in [-0.4, -0.2) is 30.3 Å². The molecule has 3 heterocycles. The number of aromatic nitrogens is 4. The van der Waals surface area contributed by atoms with Gasteiger partial charge in [-0.2, -0.15) is 0 Å². The molecular formula is C20H23N5O. The minimum Gasteiger partial charge on any atom is -0.332 e. The van der Waals surface area contributed by atoms with E-state index in [1.807, 2.05) is 36.2 Å². The number of para-hydroxylation sites is 2. The van der Waals surface area contributed by atoms with Crippen LogP contribution in [0.4, 0.5) is 0 Å². The highest BCUT2D eigenvalue weighted by Crippen LogP contribution is 2.22. The summed E-state index contributed by atoms with van der Waals surface area (Å²) >= 11 is 0. The van der Waals surface area contributed by atoms with Gasteiger partial charge in [-0.15, -0.1) is 0 Å². The Morgan fingerprint density at radius 2 is 1.96 bits per heavy atom. The van der Waals surface area contributed by atoms with E-state index < -0.39 is 0 Å². The predicted octanol–water partition coefficient (Wildman–Crippen LogP) is 2.88. The Bertz CT molecular complexity index is 962. The van der Waals surface area contributed by atoms with Gasteiger partial charge in [0.15, 0.2) is 0 Å². The second-order valence-corrected chi connectivity index (χ2v) is 6.63. The zero-order chi connectivity index (χ0) is 18.1. The van der Waals surface area contributed by atoms with Crippen LogP contribution < -0.4 is 0 Å². The summed E-state index contributed by atoms with van der Waals surface area (Å²) in [6.07, 6.45) is 4.00. The standard InChI is InChI=1S/C20H23N5O/c1-3-18-21-11-14-12-24(13-16(14)22-18)20(26)9-10-25-17-8-6-5-7-15(17)23-19(25)4-2/h5-8,11H,3-4,9-10,12-13H2,1-2H3. The number of nitrogens with zero attached hydrogens (tertiary/aromatic N) is 5. The molecule has 0 atom stereocenters. The van der Waals surface area contributed by atoms with E-state index in [1.54, 1.807) is 0 Å². The molecule has 0 radical (unpaired) electrons. The van der Waals surface area contributed by atoms with Crippen LogP contribution in [0.25, 0.3) is 11.0 Å². The van der Waals surface area contributed by atoms with Crippen molar-refractivity contribution in [1.29, 1.82) is 0 Å². The number of hydrogen-bond acceptors (Lipinski definition) is 4. The molecule has 1 aromatic carbocycles. The molecular weight excluding hydrogens is 326 g/mol. The molecule has 6 nitrogen and oxygen atoms in total. The van der Waals surface area contributed by atoms with Crippen LogP contribution in [0.15, 0.2) is 30.5 Å². The molecule has 1 aliphatic rings. The minimum absolute atomic E-state index is 0.154. The number of carbonyl (C=O) groups is 1. The smallest absolute Gasteiger partial charge is 0.225 e. The molecule has 3 aromatic rings. The lowest BCUT2D eigenvalue weighted by Crippen LogP contribution is -2.26. The van der Waals surface area contributed by atoms with Crippen molar-refractivity contribution in [2.24, 2.45) is 0 Å². The van der Waals surface area contributed by atoms with Gasteiger partial charge in [0.05, 0.1) is 23.3 Å². The Hall–Kier alpha value is -2.76. The molecule has 0 aliphatic carbocycles. The van der Waals surface area contributed by atoms with Crippen molar-refractivity contribution in [1.82, 2.24) is 24.4 Å². The maximum atomic E-state index is 12.7. The van der Waals surface area contributed by atoms with E-state index in [2.05, 4.69) is 32.5 Å². The van der Waals surface area contributed by atoms with Crippen molar-refractivity contribution in [3.05, 3.63) is 53.4 Å². The fourth-order valence-corrected chi connectivity index (χ4v) is 3.55. The predicted molar refractivity (Wildman–Crippen MR) is 99.4 cm³/mol. The second-order valence-electron chi connectivity index (χ2n) is 6.63. The van der Waals surface area contributed by atoms with E-state index in [0.29, 0.717) is 26.1 Å². The molecule has 0 saturated carbocycles. The average Bonchev–Trinajstić information content (AvgIpc) is 3.26. The Morgan fingerprint density at radius 1 is 1.12 bits per heavy atom. The van der Waals surface area contributed by atoms with Crippen LogP contribution in [0, 0.1) is 0 Å². The first-order valence-electron chi connectivity index (χ1n) is 9.25. The Balaban J connectivity index is 1.47. The SMILES string of the molecule is CCc1ncc2c(n1)CN(C(=O)CCn1c(CC)nc3ccccc31)C2. The first-order chi connectivity index (χ1) is 12.7. The molecule has 1 amide bonds. The zero-order valence-electron chi connectivity index (χ0n) is 15.3. The van der Waals surface area contributed by atoms with Crippen molar-refractivity contribution >= 4 is 16.9 Å². The van der Waals surface area contributed by atoms with Crippen molar-refractivity contribution in [2.75, 3.05) is 0 Å². The van der Waals surface area contributed by atoms with Crippen molar-refractivity contribution in [2.45, 2.75) is 52.7 Å². The van der Waals surface area contributed by atoms with Crippen LogP contribution in [0.2, 0.25) is 0 Å². The van der Waals surface area contributed by atoms with Crippen molar-refractivity contribution < 1.29 is 4.79 Å². The molecule has 0 N–H and O–H groups in total. The van der Waals surface area contributed by atoms with Crippen molar-refractivity contribution in [3.63, 3.8) is 0 Å². The van der Waals surface area contributed by atoms with Gasteiger partial charge in [-0.3, -0.25) is 4.79 Å². The number of rotatable bonds is 5. The summed E-state index contributed by atoms with van der Waals surface area (Å²) in [5.41, 5.74) is 4.15. The monoisotopic (exact) mass is 349 g/mol. The van der Waals surface area contributed by atoms with Gasteiger partial charge in [-0.25, -0.2) is 15.0 Å². The third kappa shape index (κ3) is 2.96. The van der Waals surface area contributed by atoms with Crippen LogP contribution in [0.5, 0.6) is 0 Å². The maximum absolute atomic E-state index is 12.7. The van der Waals surface area contributed by atoms with Crippen molar-refractivity contribution in [3.8, 4) is 0 Å². The van der Waals surface area contributed by atoms with E-state index in [1.165, 1.54) is 0 Å². The highest BCUT2D eigenvalue weighted by Gasteiger charge is 2.25. The Morgan fingerprint density at radius 3 is 2.77 bits per heavy atom. The Labute approximate surface area is 152 Å². The van der Waals surface area contributed by atoms with E-state index in [4.69, 9.17) is 0 Å². The molecule has 0 unspecified atom stereocenters. The maximum Gasteiger partial charge on any atom is 0.225 e. The van der Waals surface area contributed by atoms with Crippen LogP contribution in [0.3, 0.4) is 0 Å². The lowest BCUT2D eigenvalue weighted by atomic mass is 10.3. The molecule has 6 heteroatoms. The summed E-state index contributed by atoms with van der Waals surface area (Å²) in [5.74, 6) is 2.03. The quantitative estimate of drug-likeness (QED) is 0.710. The molecule has 0 fully saturated rings. The summed E-state index contributed by atoms with van der Waals surface area (Å²) in [6, 6.07) is 8.10. The minimum atomic E-state index is 0.154. The summed E-state index contributed by atoms with van der Waals surface area (Å²) in [5, 5.41) is 0. The fraction of sp³-hybridized carbons (Fsp3) is 0.400. The van der Waals surface area contributed by atoms with E-state index >= 15 is 0 Å². The number of benzene rings is 1. The number of imidazole rings is 1. The van der Waals surface area contributed by atoms with Gasteiger partial charge in [0.2, 0.25) is 5.91 Å². The molecule has 1 aliphatic heterocycles. The van der Waals surface area contributed by atoms with Gasteiger partial charge in [-0.1, -0.05) is 26.0 Å². The zero-order valence-corrected chi connectivity index (χ0v) is 15.3. The van der Waals surface area contributed by atoms with E-state index in [0.717, 1.165) is 46.8 Å². The van der Waals surface area contributed by atoms with E-state index in [9.17, 15) is 4.79 Å². The summed E-state index contributed by atoms with van der Waals surface area (Å²) in [4.78, 5) is 28.2. The molecule has 2 aromatic heterocycles. The summed E-state index contributed by atoms with van der Waals surface area (Å²) in [6.45, 7) is 6.00. The molecule has 0 saturated heterocycles. The number of fused-ring (bicyclic) bond motifs is 2. The molecule has 0 bridgehead atoms. The average molecular weight is 349 g/mol. The van der Waals surface area contributed by atoms with Gasteiger partial charge in [0.25, 0.3) is 0 Å². The van der Waals surface area contributed by atoms with Gasteiger partial charge in [0, 0.05) is 44.1 Å². The Kier molecular flexibility index (Phi) is 4.41.